The maximum absolute atomic E-state index is 12.5. The van der Waals surface area contributed by atoms with E-state index in [0.717, 1.165) is 44.9 Å². The van der Waals surface area contributed by atoms with Gasteiger partial charge in [-0.05, 0) is 51.4 Å². The van der Waals surface area contributed by atoms with Crippen LogP contribution in [0.15, 0.2) is 12.2 Å². The minimum atomic E-state index is -0.660. The van der Waals surface area contributed by atoms with Gasteiger partial charge in [0.2, 0.25) is 5.91 Å². The zero-order chi connectivity index (χ0) is 56.4. The van der Waals surface area contributed by atoms with Crippen molar-refractivity contribution >= 4 is 11.9 Å². The number of carbonyl (C=O) groups excluding carboxylic acids is 2. The maximum Gasteiger partial charge on any atom is 0.305 e. The van der Waals surface area contributed by atoms with E-state index in [2.05, 4.69) is 31.3 Å². The van der Waals surface area contributed by atoms with Crippen LogP contribution in [0.1, 0.15) is 412 Å². The third-order valence-corrected chi connectivity index (χ3v) is 17.1. The molecule has 0 aliphatic heterocycles. The summed E-state index contributed by atoms with van der Waals surface area (Å²) in [7, 11) is 0. The highest BCUT2D eigenvalue weighted by Crippen LogP contribution is 2.19. The lowest BCUT2D eigenvalue weighted by Crippen LogP contribution is -2.45. The number of esters is 1. The number of unbranched alkanes of at least 4 members (excludes halogenated alkanes) is 55. The second-order valence-corrected chi connectivity index (χ2v) is 24.9. The molecular formula is C72H141NO5. The molecule has 6 heteroatoms. The van der Waals surface area contributed by atoms with Gasteiger partial charge in [-0.25, -0.2) is 0 Å². The second kappa shape index (κ2) is 68.1. The van der Waals surface area contributed by atoms with Gasteiger partial charge in [-0.15, -0.1) is 0 Å². The lowest BCUT2D eigenvalue weighted by molar-refractivity contribution is -0.143. The predicted molar refractivity (Wildman–Crippen MR) is 343 cm³/mol. The Morgan fingerprint density at radius 3 is 0.910 bits per heavy atom. The van der Waals surface area contributed by atoms with Crippen LogP contribution < -0.4 is 5.32 Å². The zero-order valence-electron chi connectivity index (χ0n) is 53.2. The normalized spacial score (nSPS) is 12.5. The van der Waals surface area contributed by atoms with Crippen molar-refractivity contribution in [2.75, 3.05) is 13.2 Å². The number of amides is 1. The summed E-state index contributed by atoms with van der Waals surface area (Å²) in [6, 6.07) is -0.537. The average Bonchev–Trinajstić information content (AvgIpc) is 3.44. The van der Waals surface area contributed by atoms with Crippen LogP contribution in [0.2, 0.25) is 0 Å². The van der Waals surface area contributed by atoms with E-state index in [1.807, 2.05) is 0 Å². The van der Waals surface area contributed by atoms with E-state index >= 15 is 0 Å². The molecule has 3 N–H and O–H groups in total. The first kappa shape index (κ1) is 76.6. The van der Waals surface area contributed by atoms with Crippen LogP contribution in [0.3, 0.4) is 0 Å². The number of hydrogen-bond donors (Lipinski definition) is 3. The molecule has 0 heterocycles. The smallest absolute Gasteiger partial charge is 0.305 e. The van der Waals surface area contributed by atoms with Crippen molar-refractivity contribution < 1.29 is 24.5 Å². The molecule has 0 aromatic rings. The summed E-state index contributed by atoms with van der Waals surface area (Å²) in [5, 5.41) is 23.3. The number of aliphatic hydroxyl groups excluding tert-OH is 2. The molecular weight excluding hydrogens is 959 g/mol. The van der Waals surface area contributed by atoms with Crippen molar-refractivity contribution in [3.05, 3.63) is 12.2 Å². The van der Waals surface area contributed by atoms with E-state index in [-0.39, 0.29) is 18.5 Å². The van der Waals surface area contributed by atoms with Crippen molar-refractivity contribution in [3.63, 3.8) is 0 Å². The largest absolute Gasteiger partial charge is 0.466 e. The summed E-state index contributed by atoms with van der Waals surface area (Å²) in [6.45, 7) is 4.98. The average molecular weight is 1100 g/mol. The van der Waals surface area contributed by atoms with Gasteiger partial charge in [0, 0.05) is 12.8 Å². The Labute approximate surface area is 489 Å². The highest BCUT2D eigenvalue weighted by atomic mass is 16.5. The van der Waals surface area contributed by atoms with E-state index in [9.17, 15) is 19.8 Å². The van der Waals surface area contributed by atoms with Crippen LogP contribution in [0.25, 0.3) is 0 Å². The molecule has 2 unspecified atom stereocenters. The van der Waals surface area contributed by atoms with Crippen molar-refractivity contribution in [1.29, 1.82) is 0 Å². The first-order chi connectivity index (χ1) is 38.5. The van der Waals surface area contributed by atoms with Crippen LogP contribution in [-0.4, -0.2) is 47.4 Å². The summed E-state index contributed by atoms with van der Waals surface area (Å²) in [5.41, 5.74) is 0. The third kappa shape index (κ3) is 63.8. The first-order valence-corrected chi connectivity index (χ1v) is 35.9. The molecule has 0 radical (unpaired) electrons. The standard InChI is InChI=1S/C72H141NO5/c1-3-5-7-9-11-13-15-17-37-42-46-50-54-58-62-66-72(77)78-67-63-59-55-51-47-43-39-36-34-32-30-28-26-24-22-20-19-21-23-25-27-29-31-33-35-38-41-45-49-53-57-61-65-71(76)73-69(68-74)70(75)64-60-56-52-48-44-40-18-16-14-12-10-8-6-4-2/h17,37,69-70,74-75H,3-16,18-36,38-68H2,1-2H3,(H,73,76)/b37-17-. The molecule has 0 aromatic heterocycles. The molecule has 0 aliphatic carbocycles. The van der Waals surface area contributed by atoms with E-state index in [1.54, 1.807) is 0 Å². The van der Waals surface area contributed by atoms with Gasteiger partial charge in [-0.1, -0.05) is 360 Å². The zero-order valence-corrected chi connectivity index (χ0v) is 53.2. The molecule has 0 spiro atoms. The molecule has 78 heavy (non-hydrogen) atoms. The van der Waals surface area contributed by atoms with E-state index in [1.165, 1.54) is 334 Å². The fourth-order valence-corrected chi connectivity index (χ4v) is 11.6. The van der Waals surface area contributed by atoms with Crippen LogP contribution in [-0.2, 0) is 14.3 Å². The van der Waals surface area contributed by atoms with Gasteiger partial charge in [-0.2, -0.15) is 0 Å². The fraction of sp³-hybridized carbons (Fsp3) is 0.944. The topological polar surface area (TPSA) is 95.9 Å². The molecule has 0 rings (SSSR count). The van der Waals surface area contributed by atoms with E-state index in [4.69, 9.17) is 4.74 Å². The predicted octanol–water partition coefficient (Wildman–Crippen LogP) is 23.1. The van der Waals surface area contributed by atoms with Crippen molar-refractivity contribution in [2.45, 2.75) is 424 Å². The van der Waals surface area contributed by atoms with E-state index < -0.39 is 12.1 Å². The monoisotopic (exact) mass is 1100 g/mol. The molecule has 0 aliphatic rings. The third-order valence-electron chi connectivity index (χ3n) is 17.1. The lowest BCUT2D eigenvalue weighted by Gasteiger charge is -2.22. The number of aliphatic hydroxyl groups is 2. The van der Waals surface area contributed by atoms with Crippen molar-refractivity contribution in [2.24, 2.45) is 0 Å². The number of carbonyl (C=O) groups is 2. The Morgan fingerprint density at radius 1 is 0.346 bits per heavy atom. The van der Waals surface area contributed by atoms with Gasteiger partial charge in [0.15, 0.2) is 0 Å². The fourth-order valence-electron chi connectivity index (χ4n) is 11.6. The highest BCUT2D eigenvalue weighted by Gasteiger charge is 2.20. The molecule has 0 saturated heterocycles. The Balaban J connectivity index is 3.30. The minimum absolute atomic E-state index is 0.0141. The maximum atomic E-state index is 12.5. The lowest BCUT2D eigenvalue weighted by atomic mass is 10.0. The molecule has 0 aromatic carbocycles. The van der Waals surface area contributed by atoms with Gasteiger partial charge in [0.1, 0.15) is 0 Å². The quantitative estimate of drug-likeness (QED) is 0.0320. The molecule has 0 bridgehead atoms. The molecule has 0 saturated carbocycles. The van der Waals surface area contributed by atoms with Crippen molar-refractivity contribution in [1.82, 2.24) is 5.32 Å². The molecule has 6 nitrogen and oxygen atoms in total. The minimum Gasteiger partial charge on any atom is -0.466 e. The molecule has 464 valence electrons. The van der Waals surface area contributed by atoms with Crippen LogP contribution in [0.5, 0.6) is 0 Å². The Morgan fingerprint density at radius 2 is 0.603 bits per heavy atom. The highest BCUT2D eigenvalue weighted by molar-refractivity contribution is 5.76. The van der Waals surface area contributed by atoms with Gasteiger partial charge in [0.05, 0.1) is 25.4 Å². The van der Waals surface area contributed by atoms with Gasteiger partial charge >= 0.3 is 5.97 Å². The first-order valence-electron chi connectivity index (χ1n) is 35.9. The van der Waals surface area contributed by atoms with E-state index in [0.29, 0.717) is 25.9 Å². The summed E-state index contributed by atoms with van der Waals surface area (Å²) < 4.78 is 5.49. The summed E-state index contributed by atoms with van der Waals surface area (Å²) >= 11 is 0. The molecule has 1 amide bonds. The van der Waals surface area contributed by atoms with Gasteiger partial charge in [0.25, 0.3) is 0 Å². The van der Waals surface area contributed by atoms with Crippen molar-refractivity contribution in [3.8, 4) is 0 Å². The molecule has 2 atom stereocenters. The number of ether oxygens (including phenoxy) is 1. The number of hydrogen-bond acceptors (Lipinski definition) is 5. The number of nitrogens with one attached hydrogen (secondary N) is 1. The Kier molecular flexibility index (Phi) is 66.9. The summed E-state index contributed by atoms with van der Waals surface area (Å²) in [6.07, 6.45) is 84.2. The van der Waals surface area contributed by atoms with Crippen LogP contribution >= 0.6 is 0 Å². The Hall–Kier alpha value is -1.40. The SMILES string of the molecule is CCCCCCCC/C=C\CCCCCCCC(=O)OCCCCCCCCCCCCCCCCCCCCCCCCCCCCCCCCCCC(=O)NC(CO)C(O)CCCCCCCCCCCCCCCC. The van der Waals surface area contributed by atoms with Crippen LogP contribution in [0.4, 0.5) is 0 Å². The Bertz CT molecular complexity index is 1180. The summed E-state index contributed by atoms with van der Waals surface area (Å²) in [4.78, 5) is 24.6. The molecule has 0 fully saturated rings. The number of rotatable bonds is 68. The summed E-state index contributed by atoms with van der Waals surface area (Å²) in [5.74, 6) is -0.0133. The van der Waals surface area contributed by atoms with Crippen LogP contribution in [0, 0.1) is 0 Å². The second-order valence-electron chi connectivity index (χ2n) is 24.9. The number of allylic oxidation sites excluding steroid dienone is 2. The van der Waals surface area contributed by atoms with Gasteiger partial charge in [-0.3, -0.25) is 9.59 Å². The van der Waals surface area contributed by atoms with Gasteiger partial charge < -0.3 is 20.3 Å².